The number of hydrogen-bond donors (Lipinski definition) is 0. The fourth-order valence-electron chi connectivity index (χ4n) is 2.41. The molecular formula is C16H24N3+. The van der Waals surface area contributed by atoms with Crippen LogP contribution in [0.3, 0.4) is 0 Å². The highest BCUT2D eigenvalue weighted by Gasteiger charge is 2.18. The smallest absolute Gasteiger partial charge is 0.245 e. The molecule has 0 aliphatic heterocycles. The lowest BCUT2D eigenvalue weighted by atomic mass is 10.2. The minimum atomic E-state index is 0.446. The van der Waals surface area contributed by atoms with Gasteiger partial charge in [0.1, 0.15) is 18.9 Å². The molecule has 0 amide bonds. The molecule has 0 radical (unpaired) electrons. The fourth-order valence-corrected chi connectivity index (χ4v) is 2.41. The molecule has 0 fully saturated rings. The molecule has 0 saturated carbocycles. The molecule has 1 aromatic heterocycles. The van der Waals surface area contributed by atoms with E-state index in [-0.39, 0.29) is 0 Å². The van der Waals surface area contributed by atoms with Gasteiger partial charge in [-0.2, -0.15) is 0 Å². The highest BCUT2D eigenvalue weighted by atomic mass is 15.3. The van der Waals surface area contributed by atoms with Gasteiger partial charge in [0.25, 0.3) is 0 Å². The SMILES string of the molecule is CCCC(N(C)C)n1cc[n+](Cc2ccccc2)c1. The van der Waals surface area contributed by atoms with Crippen LogP contribution in [0.2, 0.25) is 0 Å². The Morgan fingerprint density at radius 2 is 1.95 bits per heavy atom. The van der Waals surface area contributed by atoms with E-state index in [1.54, 1.807) is 0 Å². The van der Waals surface area contributed by atoms with Gasteiger partial charge in [-0.15, -0.1) is 0 Å². The van der Waals surface area contributed by atoms with Crippen LogP contribution in [0.1, 0.15) is 31.5 Å². The first-order chi connectivity index (χ1) is 9.20. The molecule has 102 valence electrons. The van der Waals surface area contributed by atoms with Gasteiger partial charge < -0.3 is 0 Å². The van der Waals surface area contributed by atoms with Crippen molar-refractivity contribution in [1.82, 2.24) is 9.47 Å². The second kappa shape index (κ2) is 6.53. The molecule has 1 aromatic carbocycles. The van der Waals surface area contributed by atoms with E-state index in [9.17, 15) is 0 Å². The quantitative estimate of drug-likeness (QED) is 0.726. The van der Waals surface area contributed by atoms with E-state index in [1.807, 2.05) is 0 Å². The number of aromatic nitrogens is 2. The van der Waals surface area contributed by atoms with Gasteiger partial charge in [-0.25, -0.2) is 9.13 Å². The summed E-state index contributed by atoms with van der Waals surface area (Å²) >= 11 is 0. The van der Waals surface area contributed by atoms with Gasteiger partial charge >= 0.3 is 0 Å². The molecule has 0 aliphatic rings. The normalized spacial score (nSPS) is 12.8. The molecule has 1 atom stereocenters. The molecule has 1 unspecified atom stereocenters. The maximum absolute atomic E-state index is 2.30. The molecule has 3 nitrogen and oxygen atoms in total. The molecule has 0 spiro atoms. The first-order valence-corrected chi connectivity index (χ1v) is 6.97. The van der Waals surface area contributed by atoms with Crippen LogP contribution in [0.5, 0.6) is 0 Å². The Labute approximate surface area is 116 Å². The average molecular weight is 258 g/mol. The zero-order chi connectivity index (χ0) is 13.7. The number of benzene rings is 1. The lowest BCUT2D eigenvalue weighted by Gasteiger charge is -2.20. The maximum atomic E-state index is 2.30. The van der Waals surface area contributed by atoms with E-state index in [0.717, 1.165) is 6.54 Å². The zero-order valence-electron chi connectivity index (χ0n) is 12.2. The monoisotopic (exact) mass is 258 g/mol. The molecule has 2 rings (SSSR count). The Morgan fingerprint density at radius 1 is 1.21 bits per heavy atom. The van der Waals surface area contributed by atoms with Gasteiger partial charge in [-0.05, 0) is 19.7 Å². The van der Waals surface area contributed by atoms with Crippen molar-refractivity contribution in [3.63, 3.8) is 0 Å². The summed E-state index contributed by atoms with van der Waals surface area (Å²) in [5.41, 5.74) is 1.34. The molecule has 3 heteroatoms. The first kappa shape index (κ1) is 13.8. The number of hydrogen-bond acceptors (Lipinski definition) is 1. The lowest BCUT2D eigenvalue weighted by Crippen LogP contribution is -2.33. The van der Waals surface area contributed by atoms with Gasteiger partial charge in [-0.1, -0.05) is 43.7 Å². The van der Waals surface area contributed by atoms with E-state index < -0.39 is 0 Å². The van der Waals surface area contributed by atoms with Gasteiger partial charge in [0.05, 0.1) is 0 Å². The summed E-state index contributed by atoms with van der Waals surface area (Å²) in [7, 11) is 4.28. The topological polar surface area (TPSA) is 12.1 Å². The van der Waals surface area contributed by atoms with E-state index in [4.69, 9.17) is 0 Å². The third-order valence-corrected chi connectivity index (χ3v) is 3.41. The Morgan fingerprint density at radius 3 is 2.58 bits per heavy atom. The summed E-state index contributed by atoms with van der Waals surface area (Å²) < 4.78 is 4.54. The van der Waals surface area contributed by atoms with Crippen LogP contribution in [-0.2, 0) is 6.54 Å². The Bertz CT molecular complexity index is 488. The van der Waals surface area contributed by atoms with Crippen molar-refractivity contribution in [2.45, 2.75) is 32.5 Å². The summed E-state index contributed by atoms with van der Waals surface area (Å²) in [5.74, 6) is 0. The summed E-state index contributed by atoms with van der Waals surface area (Å²) in [5, 5.41) is 0. The fraction of sp³-hybridized carbons (Fsp3) is 0.438. The lowest BCUT2D eigenvalue weighted by molar-refractivity contribution is -0.688. The largest absolute Gasteiger partial charge is 0.271 e. The molecular weight excluding hydrogens is 234 g/mol. The molecule has 0 aliphatic carbocycles. The Balaban J connectivity index is 2.10. The van der Waals surface area contributed by atoms with Crippen LogP contribution in [0.4, 0.5) is 0 Å². The van der Waals surface area contributed by atoms with Crippen LogP contribution in [-0.4, -0.2) is 23.6 Å². The van der Waals surface area contributed by atoms with Crippen LogP contribution >= 0.6 is 0 Å². The second-order valence-electron chi connectivity index (χ2n) is 5.25. The van der Waals surface area contributed by atoms with Crippen LogP contribution < -0.4 is 4.57 Å². The van der Waals surface area contributed by atoms with Gasteiger partial charge in [0.15, 0.2) is 6.17 Å². The number of nitrogens with zero attached hydrogens (tertiary/aromatic N) is 3. The summed E-state index contributed by atoms with van der Waals surface area (Å²) in [4.78, 5) is 2.27. The van der Waals surface area contributed by atoms with E-state index in [1.165, 1.54) is 18.4 Å². The summed E-state index contributed by atoms with van der Waals surface area (Å²) in [6.07, 6.45) is 9.34. The van der Waals surface area contributed by atoms with Crippen molar-refractivity contribution in [1.29, 1.82) is 0 Å². The third-order valence-electron chi connectivity index (χ3n) is 3.41. The zero-order valence-corrected chi connectivity index (χ0v) is 12.2. The van der Waals surface area contributed by atoms with Crippen molar-refractivity contribution >= 4 is 0 Å². The number of rotatable bonds is 6. The van der Waals surface area contributed by atoms with Gasteiger partial charge in [0, 0.05) is 6.42 Å². The summed E-state index contributed by atoms with van der Waals surface area (Å²) in [6, 6.07) is 10.6. The van der Waals surface area contributed by atoms with Crippen LogP contribution in [0.15, 0.2) is 49.1 Å². The van der Waals surface area contributed by atoms with Crippen molar-refractivity contribution in [2.75, 3.05) is 14.1 Å². The van der Waals surface area contributed by atoms with E-state index >= 15 is 0 Å². The van der Waals surface area contributed by atoms with Crippen molar-refractivity contribution in [3.05, 3.63) is 54.6 Å². The molecule has 0 bridgehead atoms. The van der Waals surface area contributed by atoms with E-state index in [0.29, 0.717) is 6.17 Å². The molecule has 1 heterocycles. The minimum absolute atomic E-state index is 0.446. The van der Waals surface area contributed by atoms with Crippen LogP contribution in [0.25, 0.3) is 0 Å². The van der Waals surface area contributed by atoms with Gasteiger partial charge in [0.2, 0.25) is 6.33 Å². The predicted molar refractivity (Wildman–Crippen MR) is 77.8 cm³/mol. The molecule has 2 aromatic rings. The number of imidazole rings is 1. The molecule has 19 heavy (non-hydrogen) atoms. The second-order valence-corrected chi connectivity index (χ2v) is 5.25. The maximum Gasteiger partial charge on any atom is 0.245 e. The summed E-state index contributed by atoms with van der Waals surface area (Å²) in [6.45, 7) is 3.16. The Kier molecular flexibility index (Phi) is 4.74. The molecule has 0 N–H and O–H groups in total. The Hall–Kier alpha value is -1.61. The van der Waals surface area contributed by atoms with Crippen molar-refractivity contribution < 1.29 is 4.57 Å². The van der Waals surface area contributed by atoms with E-state index in [2.05, 4.69) is 84.1 Å². The van der Waals surface area contributed by atoms with Crippen molar-refractivity contribution in [3.8, 4) is 0 Å². The standard InChI is InChI=1S/C16H24N3/c1-4-8-16(17(2)3)19-12-11-18(14-19)13-15-9-6-5-7-10-15/h5-7,9-12,14,16H,4,8,13H2,1-3H3/q+1. The average Bonchev–Trinajstić information content (AvgIpc) is 2.85. The molecule has 0 saturated heterocycles. The third kappa shape index (κ3) is 3.67. The highest BCUT2D eigenvalue weighted by Crippen LogP contribution is 2.15. The van der Waals surface area contributed by atoms with Crippen molar-refractivity contribution in [2.24, 2.45) is 0 Å². The highest BCUT2D eigenvalue weighted by molar-refractivity contribution is 5.13. The predicted octanol–water partition coefficient (Wildman–Crippen LogP) is 2.68. The van der Waals surface area contributed by atoms with Gasteiger partial charge in [-0.3, -0.25) is 4.90 Å². The minimum Gasteiger partial charge on any atom is -0.271 e. The first-order valence-electron chi connectivity index (χ1n) is 6.97. The van der Waals surface area contributed by atoms with Crippen LogP contribution in [0, 0.1) is 0 Å².